The van der Waals surface area contributed by atoms with E-state index in [0.717, 1.165) is 5.56 Å². The van der Waals surface area contributed by atoms with Gasteiger partial charge in [-0.2, -0.15) is 0 Å². The molecule has 0 bridgehead atoms. The van der Waals surface area contributed by atoms with E-state index < -0.39 is 10.0 Å². The molecule has 0 unspecified atom stereocenters. The van der Waals surface area contributed by atoms with Gasteiger partial charge in [-0.05, 0) is 40.5 Å². The molecule has 0 radical (unpaired) electrons. The Morgan fingerprint density at radius 3 is 2.63 bits per heavy atom. The van der Waals surface area contributed by atoms with Gasteiger partial charge in [-0.15, -0.1) is 0 Å². The van der Waals surface area contributed by atoms with Crippen LogP contribution in [0.15, 0.2) is 40.0 Å². The number of hydrogen-bond acceptors (Lipinski definition) is 4. The van der Waals surface area contributed by atoms with Crippen LogP contribution < -0.4 is 4.72 Å². The zero-order valence-corrected chi connectivity index (χ0v) is 12.9. The SMILES string of the molecule is Cc1ccc(S(=O)(=O)Nc2cc(Cl)ncn2)c(Br)c1. The average Bonchev–Trinajstić information content (AvgIpc) is 2.27. The van der Waals surface area contributed by atoms with Crippen LogP contribution in [0.5, 0.6) is 0 Å². The number of rotatable bonds is 3. The summed E-state index contributed by atoms with van der Waals surface area (Å²) in [7, 11) is -3.72. The van der Waals surface area contributed by atoms with Gasteiger partial charge in [0.1, 0.15) is 22.2 Å². The lowest BCUT2D eigenvalue weighted by atomic mass is 10.2. The first-order valence-corrected chi connectivity index (χ1v) is 7.80. The lowest BCUT2D eigenvalue weighted by Crippen LogP contribution is -2.14. The van der Waals surface area contributed by atoms with E-state index in [-0.39, 0.29) is 15.9 Å². The van der Waals surface area contributed by atoms with Crippen LogP contribution in [0.25, 0.3) is 0 Å². The number of sulfonamides is 1. The minimum Gasteiger partial charge on any atom is -0.263 e. The van der Waals surface area contributed by atoms with E-state index in [0.29, 0.717) is 4.47 Å². The summed E-state index contributed by atoms with van der Waals surface area (Å²) in [6.45, 7) is 1.87. The molecule has 1 N–H and O–H groups in total. The number of aryl methyl sites for hydroxylation is 1. The van der Waals surface area contributed by atoms with Gasteiger partial charge in [0.05, 0.1) is 0 Å². The van der Waals surface area contributed by atoms with Crippen molar-refractivity contribution in [3.8, 4) is 0 Å². The highest BCUT2D eigenvalue weighted by molar-refractivity contribution is 9.10. The van der Waals surface area contributed by atoms with Crippen molar-refractivity contribution >= 4 is 43.4 Å². The van der Waals surface area contributed by atoms with Gasteiger partial charge < -0.3 is 0 Å². The zero-order chi connectivity index (χ0) is 14.0. The van der Waals surface area contributed by atoms with Crippen molar-refractivity contribution in [1.29, 1.82) is 0 Å². The van der Waals surface area contributed by atoms with Crippen molar-refractivity contribution in [3.05, 3.63) is 45.8 Å². The number of benzene rings is 1. The molecule has 19 heavy (non-hydrogen) atoms. The minimum absolute atomic E-state index is 0.118. The summed E-state index contributed by atoms with van der Waals surface area (Å²) in [6.07, 6.45) is 1.18. The van der Waals surface area contributed by atoms with E-state index in [2.05, 4.69) is 30.6 Å². The molecule has 0 saturated heterocycles. The molecule has 1 heterocycles. The van der Waals surface area contributed by atoms with Crippen molar-refractivity contribution in [1.82, 2.24) is 9.97 Å². The first-order chi connectivity index (χ1) is 8.88. The molecule has 5 nitrogen and oxygen atoms in total. The largest absolute Gasteiger partial charge is 0.264 e. The number of halogens is 2. The second-order valence-corrected chi connectivity index (χ2v) is 6.66. The van der Waals surface area contributed by atoms with Crippen LogP contribution >= 0.6 is 27.5 Å². The molecule has 2 aromatic rings. The molecule has 0 atom stereocenters. The number of nitrogens with zero attached hydrogens (tertiary/aromatic N) is 2. The molecule has 2 rings (SSSR count). The normalized spacial score (nSPS) is 11.3. The Hall–Kier alpha value is -1.18. The summed E-state index contributed by atoms with van der Waals surface area (Å²) >= 11 is 8.91. The quantitative estimate of drug-likeness (QED) is 0.852. The van der Waals surface area contributed by atoms with Crippen LogP contribution in [0.1, 0.15) is 5.56 Å². The van der Waals surface area contributed by atoms with Crippen molar-refractivity contribution in [2.45, 2.75) is 11.8 Å². The Kier molecular flexibility index (Phi) is 4.07. The summed E-state index contributed by atoms with van der Waals surface area (Å²) in [4.78, 5) is 7.61. The topological polar surface area (TPSA) is 72.0 Å². The van der Waals surface area contributed by atoms with Crippen molar-refractivity contribution < 1.29 is 8.42 Å². The maximum atomic E-state index is 12.2. The van der Waals surface area contributed by atoms with E-state index >= 15 is 0 Å². The molecule has 0 amide bonds. The fourth-order valence-corrected chi connectivity index (χ4v) is 3.75. The van der Waals surface area contributed by atoms with E-state index in [9.17, 15) is 8.42 Å². The van der Waals surface area contributed by atoms with Crippen molar-refractivity contribution in [3.63, 3.8) is 0 Å². The number of nitrogens with one attached hydrogen (secondary N) is 1. The van der Waals surface area contributed by atoms with Gasteiger partial charge in [-0.3, -0.25) is 4.72 Å². The summed E-state index contributed by atoms with van der Waals surface area (Å²) in [5.74, 6) is 0.118. The number of aromatic nitrogens is 2. The van der Waals surface area contributed by atoms with E-state index in [1.165, 1.54) is 18.5 Å². The predicted octanol–water partition coefficient (Wildman–Crippen LogP) is 3.00. The first-order valence-electron chi connectivity index (χ1n) is 5.15. The molecule has 1 aromatic carbocycles. The summed E-state index contributed by atoms with van der Waals surface area (Å²) in [5, 5.41) is 0.163. The molecule has 0 aliphatic carbocycles. The van der Waals surface area contributed by atoms with Crippen molar-refractivity contribution in [2.24, 2.45) is 0 Å². The van der Waals surface area contributed by atoms with Gasteiger partial charge in [0, 0.05) is 10.5 Å². The molecule has 0 saturated carbocycles. The van der Waals surface area contributed by atoms with Crippen LogP contribution in [0.2, 0.25) is 5.15 Å². The highest BCUT2D eigenvalue weighted by atomic mass is 79.9. The maximum Gasteiger partial charge on any atom is 0.264 e. The third-order valence-corrected chi connectivity index (χ3v) is 4.79. The van der Waals surface area contributed by atoms with Crippen LogP contribution in [0.4, 0.5) is 5.82 Å². The van der Waals surface area contributed by atoms with Crippen LogP contribution in [0.3, 0.4) is 0 Å². The van der Waals surface area contributed by atoms with Crippen LogP contribution in [0, 0.1) is 6.92 Å². The third kappa shape index (κ3) is 3.43. The van der Waals surface area contributed by atoms with Gasteiger partial charge in [0.15, 0.2) is 0 Å². The van der Waals surface area contributed by atoms with Crippen molar-refractivity contribution in [2.75, 3.05) is 4.72 Å². The predicted molar refractivity (Wildman–Crippen MR) is 76.7 cm³/mol. The molecule has 8 heteroatoms. The average molecular weight is 363 g/mol. The smallest absolute Gasteiger partial charge is 0.263 e. The molecule has 100 valence electrons. The van der Waals surface area contributed by atoms with Gasteiger partial charge in [0.25, 0.3) is 10.0 Å². The maximum absolute atomic E-state index is 12.2. The summed E-state index contributed by atoms with van der Waals surface area (Å²) in [6, 6.07) is 6.29. The lowest BCUT2D eigenvalue weighted by molar-refractivity contribution is 0.600. The molecule has 0 aliphatic heterocycles. The van der Waals surface area contributed by atoms with Gasteiger partial charge >= 0.3 is 0 Å². The Balaban J connectivity index is 2.38. The summed E-state index contributed by atoms with van der Waals surface area (Å²) < 4.78 is 27.2. The molecular formula is C11H9BrClN3O2S. The molecular weight excluding hydrogens is 354 g/mol. The Morgan fingerprint density at radius 1 is 1.26 bits per heavy atom. The minimum atomic E-state index is -3.72. The monoisotopic (exact) mass is 361 g/mol. The second kappa shape index (κ2) is 5.44. The second-order valence-electron chi connectivity index (χ2n) is 3.77. The van der Waals surface area contributed by atoms with Gasteiger partial charge in [0.2, 0.25) is 0 Å². The van der Waals surface area contributed by atoms with Gasteiger partial charge in [-0.1, -0.05) is 17.7 Å². The molecule has 1 aromatic heterocycles. The number of anilines is 1. The first kappa shape index (κ1) is 14.2. The fraction of sp³-hybridized carbons (Fsp3) is 0.0909. The Labute approximate surface area is 124 Å². The van der Waals surface area contributed by atoms with E-state index in [1.54, 1.807) is 12.1 Å². The highest BCUT2D eigenvalue weighted by Crippen LogP contribution is 2.25. The highest BCUT2D eigenvalue weighted by Gasteiger charge is 2.18. The third-order valence-electron chi connectivity index (χ3n) is 2.25. The zero-order valence-electron chi connectivity index (χ0n) is 9.76. The summed E-state index contributed by atoms with van der Waals surface area (Å²) in [5.41, 5.74) is 0.955. The lowest BCUT2D eigenvalue weighted by Gasteiger charge is -2.09. The number of hydrogen-bond donors (Lipinski definition) is 1. The van der Waals surface area contributed by atoms with E-state index in [4.69, 9.17) is 11.6 Å². The Morgan fingerprint density at radius 2 is 2.00 bits per heavy atom. The van der Waals surface area contributed by atoms with Gasteiger partial charge in [-0.25, -0.2) is 18.4 Å². The van der Waals surface area contributed by atoms with E-state index in [1.807, 2.05) is 6.92 Å². The molecule has 0 spiro atoms. The molecule has 0 fully saturated rings. The standard InChI is InChI=1S/C11H9BrClN3O2S/c1-7-2-3-9(8(12)4-7)19(17,18)16-11-5-10(13)14-6-15-11/h2-6H,1H3,(H,14,15,16). The molecule has 0 aliphatic rings. The van der Waals surface area contributed by atoms with Crippen LogP contribution in [-0.2, 0) is 10.0 Å². The Bertz CT molecular complexity index is 722. The van der Waals surface area contributed by atoms with Crippen LogP contribution in [-0.4, -0.2) is 18.4 Å². The fourth-order valence-electron chi connectivity index (χ4n) is 1.41.